The minimum Gasteiger partial charge on any atom is -0.457 e. The average Bonchev–Trinajstić information content (AvgIpc) is 2.15. The molecule has 0 aromatic rings. The number of quaternary nitrogens is 1. The fourth-order valence-electron chi connectivity index (χ4n) is 3.78. The lowest BCUT2D eigenvalue weighted by molar-refractivity contribution is -0.928. The van der Waals surface area contributed by atoms with Crippen LogP contribution in [-0.4, -0.2) is 43.2 Å². The summed E-state index contributed by atoms with van der Waals surface area (Å²) in [7, 11) is 4.58. The van der Waals surface area contributed by atoms with Gasteiger partial charge in [-0.05, 0) is 25.7 Å². The SMILES string of the molecule is CC(=O)OC1CC2CCCCC2[N+](C)(C)C1. The molecule has 1 saturated carbocycles. The Hall–Kier alpha value is -0.570. The van der Waals surface area contributed by atoms with Crippen LogP contribution in [0.25, 0.3) is 0 Å². The van der Waals surface area contributed by atoms with Crippen LogP contribution in [0.15, 0.2) is 0 Å². The molecular weight excluding hydrogens is 202 g/mol. The molecule has 0 bridgehead atoms. The molecule has 2 rings (SSSR count). The van der Waals surface area contributed by atoms with Crippen LogP contribution in [0.4, 0.5) is 0 Å². The molecule has 2 aliphatic rings. The predicted octanol–water partition coefficient (Wildman–Crippen LogP) is 1.96. The number of esters is 1. The van der Waals surface area contributed by atoms with E-state index in [-0.39, 0.29) is 12.1 Å². The van der Waals surface area contributed by atoms with E-state index in [2.05, 4.69) is 14.1 Å². The van der Waals surface area contributed by atoms with E-state index >= 15 is 0 Å². The van der Waals surface area contributed by atoms with Crippen molar-refractivity contribution < 1.29 is 14.0 Å². The third-order valence-electron chi connectivity index (χ3n) is 4.34. The van der Waals surface area contributed by atoms with Gasteiger partial charge in [0.2, 0.25) is 0 Å². The van der Waals surface area contributed by atoms with Gasteiger partial charge in [-0.25, -0.2) is 0 Å². The van der Waals surface area contributed by atoms with Gasteiger partial charge in [0.15, 0.2) is 6.10 Å². The van der Waals surface area contributed by atoms with Gasteiger partial charge in [-0.1, -0.05) is 6.42 Å². The molecule has 2 fully saturated rings. The van der Waals surface area contributed by atoms with Gasteiger partial charge in [-0.15, -0.1) is 0 Å². The number of carbonyl (C=O) groups excluding carboxylic acids is 1. The second-order valence-electron chi connectivity index (χ2n) is 6.04. The molecule has 92 valence electrons. The number of likely N-dealkylation sites (tertiary alicyclic amines) is 1. The van der Waals surface area contributed by atoms with E-state index in [1.165, 1.54) is 32.6 Å². The minimum atomic E-state index is -0.126. The van der Waals surface area contributed by atoms with Crippen LogP contribution >= 0.6 is 0 Å². The van der Waals surface area contributed by atoms with E-state index in [0.717, 1.165) is 29.4 Å². The number of nitrogens with zero attached hydrogens (tertiary/aromatic N) is 1. The highest BCUT2D eigenvalue weighted by Gasteiger charge is 2.45. The molecule has 0 amide bonds. The van der Waals surface area contributed by atoms with Gasteiger partial charge in [-0.3, -0.25) is 4.79 Å². The molecule has 1 heterocycles. The average molecular weight is 226 g/mol. The summed E-state index contributed by atoms with van der Waals surface area (Å²) in [5, 5.41) is 0. The van der Waals surface area contributed by atoms with Gasteiger partial charge in [0.1, 0.15) is 6.54 Å². The number of hydrogen-bond donors (Lipinski definition) is 0. The Bertz CT molecular complexity index is 275. The zero-order valence-electron chi connectivity index (χ0n) is 10.7. The normalized spacial score (nSPS) is 37.6. The van der Waals surface area contributed by atoms with Crippen molar-refractivity contribution in [3.8, 4) is 0 Å². The van der Waals surface area contributed by atoms with Crippen LogP contribution in [0.2, 0.25) is 0 Å². The number of fused-ring (bicyclic) bond motifs is 1. The van der Waals surface area contributed by atoms with E-state index in [9.17, 15) is 4.79 Å². The number of ether oxygens (including phenoxy) is 1. The summed E-state index contributed by atoms with van der Waals surface area (Å²) in [4.78, 5) is 11.1. The lowest BCUT2D eigenvalue weighted by atomic mass is 9.76. The second-order valence-corrected chi connectivity index (χ2v) is 6.04. The van der Waals surface area contributed by atoms with Crippen molar-refractivity contribution in [3.05, 3.63) is 0 Å². The van der Waals surface area contributed by atoms with Crippen molar-refractivity contribution in [1.82, 2.24) is 0 Å². The molecule has 0 radical (unpaired) electrons. The lowest BCUT2D eigenvalue weighted by Crippen LogP contribution is -2.61. The summed E-state index contributed by atoms with van der Waals surface area (Å²) in [5.41, 5.74) is 0. The molecule has 1 aliphatic carbocycles. The molecule has 1 saturated heterocycles. The van der Waals surface area contributed by atoms with Crippen molar-refractivity contribution >= 4 is 5.97 Å². The Labute approximate surface area is 98.4 Å². The molecule has 1 aliphatic heterocycles. The Kier molecular flexibility index (Phi) is 3.24. The number of likely N-dealkylation sites (N-methyl/N-ethyl adjacent to an activating group) is 1. The summed E-state index contributed by atoms with van der Waals surface area (Å²) in [6.07, 6.45) is 6.64. The number of rotatable bonds is 1. The van der Waals surface area contributed by atoms with Crippen LogP contribution in [0, 0.1) is 5.92 Å². The molecule has 3 heteroatoms. The van der Waals surface area contributed by atoms with Gasteiger partial charge in [-0.2, -0.15) is 0 Å². The maximum atomic E-state index is 11.1. The van der Waals surface area contributed by atoms with Crippen molar-refractivity contribution in [1.29, 1.82) is 0 Å². The smallest absolute Gasteiger partial charge is 0.303 e. The van der Waals surface area contributed by atoms with Crippen molar-refractivity contribution in [2.75, 3.05) is 20.6 Å². The standard InChI is InChI=1S/C13H24NO2/c1-10(15)16-12-8-11-6-4-5-7-13(11)14(2,3)9-12/h11-13H,4-9H2,1-3H3/q+1. The molecule has 16 heavy (non-hydrogen) atoms. The van der Waals surface area contributed by atoms with Crippen LogP contribution in [0.3, 0.4) is 0 Å². The first kappa shape index (κ1) is 11.9. The lowest BCUT2D eigenvalue weighted by Gasteiger charge is -2.50. The van der Waals surface area contributed by atoms with Crippen LogP contribution in [0.5, 0.6) is 0 Å². The van der Waals surface area contributed by atoms with Crippen LogP contribution < -0.4 is 0 Å². The summed E-state index contributed by atoms with van der Waals surface area (Å²) in [6.45, 7) is 2.51. The molecule has 0 N–H and O–H groups in total. The Morgan fingerprint density at radius 2 is 1.94 bits per heavy atom. The van der Waals surface area contributed by atoms with Crippen molar-refractivity contribution in [3.63, 3.8) is 0 Å². The monoisotopic (exact) mass is 226 g/mol. The van der Waals surface area contributed by atoms with Gasteiger partial charge in [0.25, 0.3) is 0 Å². The highest BCUT2D eigenvalue weighted by Crippen LogP contribution is 2.38. The van der Waals surface area contributed by atoms with Crippen molar-refractivity contribution in [2.45, 2.75) is 51.2 Å². The first-order chi connectivity index (χ1) is 7.49. The first-order valence-electron chi connectivity index (χ1n) is 6.49. The topological polar surface area (TPSA) is 26.3 Å². The van der Waals surface area contributed by atoms with E-state index in [4.69, 9.17) is 4.74 Å². The molecule has 3 nitrogen and oxygen atoms in total. The van der Waals surface area contributed by atoms with Crippen molar-refractivity contribution in [2.24, 2.45) is 5.92 Å². The summed E-state index contributed by atoms with van der Waals surface area (Å²) >= 11 is 0. The van der Waals surface area contributed by atoms with Gasteiger partial charge < -0.3 is 9.22 Å². The molecule has 3 atom stereocenters. The third-order valence-corrected chi connectivity index (χ3v) is 4.34. The summed E-state index contributed by atoms with van der Waals surface area (Å²) in [5.74, 6) is 0.640. The highest BCUT2D eigenvalue weighted by atomic mass is 16.5. The Balaban J connectivity index is 2.06. The fourth-order valence-corrected chi connectivity index (χ4v) is 3.78. The number of hydrogen-bond acceptors (Lipinski definition) is 2. The molecule has 0 aromatic carbocycles. The maximum Gasteiger partial charge on any atom is 0.303 e. The summed E-state index contributed by atoms with van der Waals surface area (Å²) < 4.78 is 6.45. The van der Waals surface area contributed by atoms with Crippen LogP contribution in [0.1, 0.15) is 39.0 Å². The second kappa shape index (κ2) is 4.36. The number of piperidine rings is 1. The predicted molar refractivity (Wildman–Crippen MR) is 62.9 cm³/mol. The molecular formula is C13H24NO2+. The molecule has 0 aromatic heterocycles. The quantitative estimate of drug-likeness (QED) is 0.504. The minimum absolute atomic E-state index is 0.126. The molecule has 0 spiro atoms. The van der Waals surface area contributed by atoms with Crippen LogP contribution in [-0.2, 0) is 9.53 Å². The third kappa shape index (κ3) is 2.40. The highest BCUT2D eigenvalue weighted by molar-refractivity contribution is 5.66. The maximum absolute atomic E-state index is 11.1. The summed E-state index contributed by atoms with van der Waals surface area (Å²) in [6, 6.07) is 0.792. The zero-order valence-corrected chi connectivity index (χ0v) is 10.7. The van der Waals surface area contributed by atoms with Gasteiger partial charge in [0, 0.05) is 12.8 Å². The van der Waals surface area contributed by atoms with E-state index in [0.29, 0.717) is 0 Å². The number of carbonyl (C=O) groups is 1. The van der Waals surface area contributed by atoms with Gasteiger partial charge >= 0.3 is 5.97 Å². The zero-order chi connectivity index (χ0) is 11.8. The largest absolute Gasteiger partial charge is 0.457 e. The van der Waals surface area contributed by atoms with E-state index < -0.39 is 0 Å². The molecule has 3 unspecified atom stereocenters. The van der Waals surface area contributed by atoms with Gasteiger partial charge in [0.05, 0.1) is 20.1 Å². The fraction of sp³-hybridized carbons (Fsp3) is 0.923. The first-order valence-corrected chi connectivity index (χ1v) is 6.49. The Morgan fingerprint density at radius 1 is 1.25 bits per heavy atom. The van der Waals surface area contributed by atoms with E-state index in [1.807, 2.05) is 0 Å². The Morgan fingerprint density at radius 3 is 2.62 bits per heavy atom. The van der Waals surface area contributed by atoms with E-state index in [1.54, 1.807) is 0 Å².